The Morgan fingerprint density at radius 1 is 1.67 bits per heavy atom. The molecule has 0 saturated heterocycles. The summed E-state index contributed by atoms with van der Waals surface area (Å²) in [6, 6.07) is 4.11. The second kappa shape index (κ2) is 6.18. The molecule has 3 nitrogen and oxygen atoms in total. The zero-order valence-corrected chi connectivity index (χ0v) is 9.03. The number of hydrogen-bond donors (Lipinski definition) is 2. The number of aryl methyl sites for hydroxylation is 1. The van der Waals surface area contributed by atoms with Gasteiger partial charge in [-0.05, 0) is 37.5 Å². The molecule has 1 heterocycles. The Bertz CT molecular complexity index is 341. The van der Waals surface area contributed by atoms with E-state index in [0.717, 1.165) is 25.0 Å². The fraction of sp³-hybridized carbons (Fsp3) is 0.417. The lowest BCUT2D eigenvalue weighted by molar-refractivity contribution is 0.491. The van der Waals surface area contributed by atoms with Crippen molar-refractivity contribution in [3.63, 3.8) is 0 Å². The van der Waals surface area contributed by atoms with Gasteiger partial charge in [0.1, 0.15) is 0 Å². The van der Waals surface area contributed by atoms with Crippen molar-refractivity contribution in [1.29, 1.82) is 0 Å². The first-order valence-electron chi connectivity index (χ1n) is 5.10. The summed E-state index contributed by atoms with van der Waals surface area (Å²) in [6.45, 7) is 2.04. The molecule has 1 aromatic rings. The van der Waals surface area contributed by atoms with E-state index in [0.29, 0.717) is 0 Å². The largest absolute Gasteiger partial charge is 0.271 e. The standard InChI is InChI=1S/C12H17N3/c1-3-4-5-6-11(15-13)12-9-10(2)7-8-14-12/h1,7-9,11,15H,4-6,13H2,2H3. The molecule has 0 spiro atoms. The van der Waals surface area contributed by atoms with Crippen molar-refractivity contribution in [1.82, 2.24) is 10.4 Å². The van der Waals surface area contributed by atoms with Crippen molar-refractivity contribution in [3.05, 3.63) is 29.6 Å². The summed E-state index contributed by atoms with van der Waals surface area (Å²) in [6.07, 6.45) is 9.66. The second-order valence-corrected chi connectivity index (χ2v) is 3.57. The molecule has 0 amide bonds. The van der Waals surface area contributed by atoms with Crippen molar-refractivity contribution in [2.45, 2.75) is 32.2 Å². The van der Waals surface area contributed by atoms with E-state index >= 15 is 0 Å². The van der Waals surface area contributed by atoms with Crippen LogP contribution < -0.4 is 11.3 Å². The van der Waals surface area contributed by atoms with Crippen molar-refractivity contribution in [2.24, 2.45) is 5.84 Å². The predicted molar refractivity (Wildman–Crippen MR) is 61.7 cm³/mol. The predicted octanol–water partition coefficient (Wildman–Crippen LogP) is 1.70. The highest BCUT2D eigenvalue weighted by Crippen LogP contribution is 2.16. The highest BCUT2D eigenvalue weighted by atomic mass is 15.2. The Balaban J connectivity index is 2.62. The molecule has 0 radical (unpaired) electrons. The molecule has 0 aliphatic rings. The van der Waals surface area contributed by atoms with Crippen molar-refractivity contribution < 1.29 is 0 Å². The molecule has 0 fully saturated rings. The Labute approximate surface area is 91.1 Å². The molecule has 0 saturated carbocycles. The van der Waals surface area contributed by atoms with Crippen LogP contribution in [0, 0.1) is 19.3 Å². The fourth-order valence-electron chi connectivity index (χ4n) is 1.47. The lowest BCUT2D eigenvalue weighted by Crippen LogP contribution is -2.28. The van der Waals surface area contributed by atoms with Gasteiger partial charge in [0, 0.05) is 12.6 Å². The Morgan fingerprint density at radius 3 is 3.07 bits per heavy atom. The number of hydrazine groups is 1. The van der Waals surface area contributed by atoms with Gasteiger partial charge in [0.15, 0.2) is 0 Å². The first-order chi connectivity index (χ1) is 7.27. The summed E-state index contributed by atoms with van der Waals surface area (Å²) in [5.41, 5.74) is 4.95. The van der Waals surface area contributed by atoms with Gasteiger partial charge in [-0.15, -0.1) is 12.3 Å². The van der Waals surface area contributed by atoms with E-state index in [1.807, 2.05) is 19.1 Å². The van der Waals surface area contributed by atoms with E-state index in [2.05, 4.69) is 16.3 Å². The van der Waals surface area contributed by atoms with Crippen LogP contribution in [-0.4, -0.2) is 4.98 Å². The van der Waals surface area contributed by atoms with E-state index in [-0.39, 0.29) is 6.04 Å². The van der Waals surface area contributed by atoms with Crippen LogP contribution in [0.4, 0.5) is 0 Å². The van der Waals surface area contributed by atoms with Crippen LogP contribution in [0.3, 0.4) is 0 Å². The number of terminal acetylenes is 1. The van der Waals surface area contributed by atoms with E-state index in [1.165, 1.54) is 5.56 Å². The third-order valence-corrected chi connectivity index (χ3v) is 2.31. The highest BCUT2D eigenvalue weighted by molar-refractivity contribution is 5.17. The number of nitrogens with two attached hydrogens (primary N) is 1. The zero-order valence-electron chi connectivity index (χ0n) is 9.03. The van der Waals surface area contributed by atoms with Crippen LogP contribution >= 0.6 is 0 Å². The van der Waals surface area contributed by atoms with Crippen LogP contribution in [0.5, 0.6) is 0 Å². The summed E-state index contributed by atoms with van der Waals surface area (Å²) < 4.78 is 0. The lowest BCUT2D eigenvalue weighted by Gasteiger charge is -2.14. The molecule has 0 aliphatic carbocycles. The van der Waals surface area contributed by atoms with E-state index < -0.39 is 0 Å². The SMILES string of the molecule is C#CCCCC(NN)c1cc(C)ccn1. The van der Waals surface area contributed by atoms with Crippen molar-refractivity contribution >= 4 is 0 Å². The summed E-state index contributed by atoms with van der Waals surface area (Å²) >= 11 is 0. The molecule has 15 heavy (non-hydrogen) atoms. The molecule has 80 valence electrons. The molecule has 1 atom stereocenters. The lowest BCUT2D eigenvalue weighted by atomic mass is 10.1. The summed E-state index contributed by atoms with van der Waals surface area (Å²) in [5.74, 6) is 8.12. The van der Waals surface area contributed by atoms with Gasteiger partial charge in [0.05, 0.1) is 11.7 Å². The van der Waals surface area contributed by atoms with Gasteiger partial charge < -0.3 is 0 Å². The minimum absolute atomic E-state index is 0.0956. The number of hydrogen-bond acceptors (Lipinski definition) is 3. The highest BCUT2D eigenvalue weighted by Gasteiger charge is 2.09. The zero-order chi connectivity index (χ0) is 11.1. The molecule has 0 aliphatic heterocycles. The van der Waals surface area contributed by atoms with Gasteiger partial charge in [-0.1, -0.05) is 0 Å². The number of nitrogens with one attached hydrogen (secondary N) is 1. The van der Waals surface area contributed by atoms with Gasteiger partial charge in [-0.3, -0.25) is 16.3 Å². The first kappa shape index (κ1) is 11.7. The van der Waals surface area contributed by atoms with E-state index in [9.17, 15) is 0 Å². The number of pyridine rings is 1. The Morgan fingerprint density at radius 2 is 2.47 bits per heavy atom. The van der Waals surface area contributed by atoms with Crippen LogP contribution in [0.15, 0.2) is 18.3 Å². The summed E-state index contributed by atoms with van der Waals surface area (Å²) in [4.78, 5) is 4.30. The fourth-order valence-corrected chi connectivity index (χ4v) is 1.47. The molecule has 1 unspecified atom stereocenters. The molecule has 0 aromatic carbocycles. The Hall–Kier alpha value is -1.37. The minimum Gasteiger partial charge on any atom is -0.271 e. The summed E-state index contributed by atoms with van der Waals surface area (Å²) in [7, 11) is 0. The van der Waals surface area contributed by atoms with Gasteiger partial charge in [-0.25, -0.2) is 0 Å². The van der Waals surface area contributed by atoms with Gasteiger partial charge in [-0.2, -0.15) is 0 Å². The van der Waals surface area contributed by atoms with E-state index in [4.69, 9.17) is 12.3 Å². The molecule has 3 heteroatoms. The molecular weight excluding hydrogens is 186 g/mol. The van der Waals surface area contributed by atoms with Crippen LogP contribution in [0.1, 0.15) is 36.6 Å². The maximum absolute atomic E-state index is 5.50. The Kier molecular flexibility index (Phi) is 4.82. The van der Waals surface area contributed by atoms with E-state index in [1.54, 1.807) is 6.20 Å². The van der Waals surface area contributed by atoms with Gasteiger partial charge in [0.25, 0.3) is 0 Å². The average molecular weight is 203 g/mol. The van der Waals surface area contributed by atoms with Crippen LogP contribution in [0.2, 0.25) is 0 Å². The number of unbranched alkanes of at least 4 members (excludes halogenated alkanes) is 1. The average Bonchev–Trinajstić information content (AvgIpc) is 2.24. The molecule has 1 aromatic heterocycles. The van der Waals surface area contributed by atoms with Crippen LogP contribution in [0.25, 0.3) is 0 Å². The van der Waals surface area contributed by atoms with Crippen molar-refractivity contribution in [3.8, 4) is 12.3 Å². The minimum atomic E-state index is 0.0956. The van der Waals surface area contributed by atoms with Crippen molar-refractivity contribution in [2.75, 3.05) is 0 Å². The maximum atomic E-state index is 5.50. The van der Waals surface area contributed by atoms with Gasteiger partial charge in [0.2, 0.25) is 0 Å². The molecule has 1 rings (SSSR count). The third kappa shape index (κ3) is 3.70. The van der Waals surface area contributed by atoms with Gasteiger partial charge >= 0.3 is 0 Å². The molecule has 0 bridgehead atoms. The summed E-state index contributed by atoms with van der Waals surface area (Å²) in [5, 5.41) is 0. The molecular formula is C12H17N3. The third-order valence-electron chi connectivity index (χ3n) is 2.31. The number of nitrogens with zero attached hydrogens (tertiary/aromatic N) is 1. The number of aromatic nitrogens is 1. The topological polar surface area (TPSA) is 50.9 Å². The smallest absolute Gasteiger partial charge is 0.0632 e. The first-order valence-corrected chi connectivity index (χ1v) is 5.10. The maximum Gasteiger partial charge on any atom is 0.0632 e. The van der Waals surface area contributed by atoms with Crippen LogP contribution in [-0.2, 0) is 0 Å². The second-order valence-electron chi connectivity index (χ2n) is 3.57. The normalized spacial score (nSPS) is 12.1. The number of rotatable bonds is 5. The monoisotopic (exact) mass is 203 g/mol. The quantitative estimate of drug-likeness (QED) is 0.331. The molecule has 3 N–H and O–H groups in total.